The van der Waals surface area contributed by atoms with Gasteiger partial charge in [0.1, 0.15) is 0 Å². The van der Waals surface area contributed by atoms with Gasteiger partial charge in [-0.15, -0.1) is 0 Å². The second kappa shape index (κ2) is 5.78. The van der Waals surface area contributed by atoms with Crippen molar-refractivity contribution in [3.63, 3.8) is 0 Å². The number of nitrogens with one attached hydrogen (secondary N) is 1. The van der Waals surface area contributed by atoms with Gasteiger partial charge in [0.25, 0.3) is 0 Å². The Morgan fingerprint density at radius 1 is 1.44 bits per heavy atom. The van der Waals surface area contributed by atoms with Crippen LogP contribution in [0.5, 0.6) is 0 Å². The third-order valence-electron chi connectivity index (χ3n) is 3.12. The van der Waals surface area contributed by atoms with Crippen molar-refractivity contribution in [2.24, 2.45) is 0 Å². The van der Waals surface area contributed by atoms with Gasteiger partial charge in [-0.2, -0.15) is 5.10 Å². The molecule has 0 aliphatic rings. The fourth-order valence-corrected chi connectivity index (χ4v) is 2.09. The number of hydrogen-bond acceptors (Lipinski definition) is 3. The van der Waals surface area contributed by atoms with Gasteiger partial charge in [0, 0.05) is 30.7 Å². The molecule has 18 heavy (non-hydrogen) atoms. The van der Waals surface area contributed by atoms with Crippen molar-refractivity contribution in [3.8, 4) is 0 Å². The van der Waals surface area contributed by atoms with E-state index in [1.165, 1.54) is 11.1 Å². The number of likely N-dealkylation sites (N-methyl/N-ethyl adjacent to an activating group) is 1. The van der Waals surface area contributed by atoms with Crippen molar-refractivity contribution in [3.05, 3.63) is 47.5 Å². The van der Waals surface area contributed by atoms with Gasteiger partial charge in [0.15, 0.2) is 0 Å². The van der Waals surface area contributed by atoms with Crippen molar-refractivity contribution < 1.29 is 0 Å². The minimum atomic E-state index is 0.307. The third-order valence-corrected chi connectivity index (χ3v) is 3.12. The molecule has 0 aliphatic heterocycles. The molecule has 0 aliphatic carbocycles. The van der Waals surface area contributed by atoms with Gasteiger partial charge in [-0.25, -0.2) is 0 Å². The van der Waals surface area contributed by atoms with Crippen molar-refractivity contribution >= 4 is 0 Å². The zero-order valence-corrected chi connectivity index (χ0v) is 11.2. The smallest absolute Gasteiger partial charge is 0.0522 e. The maximum absolute atomic E-state index is 4.31. The van der Waals surface area contributed by atoms with Gasteiger partial charge in [0.2, 0.25) is 0 Å². The van der Waals surface area contributed by atoms with Crippen molar-refractivity contribution in [2.45, 2.75) is 32.9 Å². The molecule has 1 atom stereocenters. The fourth-order valence-electron chi connectivity index (χ4n) is 2.09. The lowest BCUT2D eigenvalue weighted by molar-refractivity contribution is 0.589. The highest BCUT2D eigenvalue weighted by molar-refractivity contribution is 5.22. The number of rotatable bonds is 5. The van der Waals surface area contributed by atoms with Gasteiger partial charge in [0.05, 0.1) is 6.20 Å². The maximum Gasteiger partial charge on any atom is 0.0522 e. The van der Waals surface area contributed by atoms with Gasteiger partial charge in [-0.3, -0.25) is 9.67 Å². The summed E-state index contributed by atoms with van der Waals surface area (Å²) in [5, 5.41) is 7.67. The molecule has 0 amide bonds. The van der Waals surface area contributed by atoms with Gasteiger partial charge in [-0.1, -0.05) is 0 Å². The fraction of sp³-hybridized carbons (Fsp3) is 0.429. The number of aromatic nitrogens is 3. The molecule has 2 rings (SSSR count). The molecule has 0 spiro atoms. The Morgan fingerprint density at radius 3 is 2.89 bits per heavy atom. The second-order valence-electron chi connectivity index (χ2n) is 4.48. The summed E-state index contributed by atoms with van der Waals surface area (Å²) in [5.41, 5.74) is 3.58. The first kappa shape index (κ1) is 12.8. The minimum absolute atomic E-state index is 0.307. The predicted molar refractivity (Wildman–Crippen MR) is 72.4 cm³/mol. The molecule has 2 aromatic rings. The molecule has 96 valence electrons. The summed E-state index contributed by atoms with van der Waals surface area (Å²) < 4.78 is 1.96. The first-order chi connectivity index (χ1) is 8.72. The van der Waals surface area contributed by atoms with Crippen LogP contribution < -0.4 is 5.32 Å². The highest BCUT2D eigenvalue weighted by Crippen LogP contribution is 2.18. The van der Waals surface area contributed by atoms with Crippen LogP contribution in [0.15, 0.2) is 30.7 Å². The van der Waals surface area contributed by atoms with E-state index in [1.54, 1.807) is 0 Å². The average Bonchev–Trinajstić information content (AvgIpc) is 2.83. The summed E-state index contributed by atoms with van der Waals surface area (Å²) in [6, 6.07) is 4.50. The van der Waals surface area contributed by atoms with Crippen LogP contribution in [0, 0.1) is 6.92 Å². The Kier molecular flexibility index (Phi) is 4.10. The SMILES string of the molecule is CCn1cc(CC(NC)c2ccnc(C)c2)cn1. The molecule has 0 fully saturated rings. The minimum Gasteiger partial charge on any atom is -0.313 e. The highest BCUT2D eigenvalue weighted by atomic mass is 15.3. The Labute approximate surface area is 108 Å². The van der Waals surface area contributed by atoms with Crippen LogP contribution in [-0.4, -0.2) is 21.8 Å². The number of aryl methyl sites for hydroxylation is 2. The first-order valence-corrected chi connectivity index (χ1v) is 6.34. The normalized spacial score (nSPS) is 12.6. The van der Waals surface area contributed by atoms with Crippen LogP contribution in [0.3, 0.4) is 0 Å². The van der Waals surface area contributed by atoms with Crippen LogP contribution in [0.2, 0.25) is 0 Å². The summed E-state index contributed by atoms with van der Waals surface area (Å²) in [7, 11) is 1.99. The van der Waals surface area contributed by atoms with Crippen LogP contribution in [0.4, 0.5) is 0 Å². The lowest BCUT2D eigenvalue weighted by atomic mass is 10.0. The van der Waals surface area contributed by atoms with Gasteiger partial charge >= 0.3 is 0 Å². The summed E-state index contributed by atoms with van der Waals surface area (Å²) in [6.07, 6.45) is 6.87. The van der Waals surface area contributed by atoms with Crippen LogP contribution in [0.1, 0.15) is 29.8 Å². The lowest BCUT2D eigenvalue weighted by Crippen LogP contribution is -2.18. The Bertz CT molecular complexity index is 504. The molecule has 0 bridgehead atoms. The summed E-state index contributed by atoms with van der Waals surface area (Å²) in [6.45, 7) is 5.03. The van der Waals surface area contributed by atoms with E-state index in [2.05, 4.69) is 40.7 Å². The molecule has 4 nitrogen and oxygen atoms in total. The molecule has 4 heteroatoms. The average molecular weight is 244 g/mol. The molecular weight excluding hydrogens is 224 g/mol. The van der Waals surface area contributed by atoms with E-state index in [4.69, 9.17) is 0 Å². The monoisotopic (exact) mass is 244 g/mol. The van der Waals surface area contributed by atoms with E-state index < -0.39 is 0 Å². The van der Waals surface area contributed by atoms with E-state index in [0.29, 0.717) is 6.04 Å². The summed E-state index contributed by atoms with van der Waals surface area (Å²) in [4.78, 5) is 4.24. The zero-order chi connectivity index (χ0) is 13.0. The Morgan fingerprint density at radius 2 is 2.28 bits per heavy atom. The zero-order valence-electron chi connectivity index (χ0n) is 11.2. The van der Waals surface area contributed by atoms with E-state index >= 15 is 0 Å². The van der Waals surface area contributed by atoms with Crippen molar-refractivity contribution in [2.75, 3.05) is 7.05 Å². The maximum atomic E-state index is 4.31. The number of nitrogens with zero attached hydrogens (tertiary/aromatic N) is 3. The third kappa shape index (κ3) is 2.96. The first-order valence-electron chi connectivity index (χ1n) is 6.34. The Balaban J connectivity index is 2.14. The molecule has 0 radical (unpaired) electrons. The summed E-state index contributed by atoms with van der Waals surface area (Å²) in [5.74, 6) is 0. The van der Waals surface area contributed by atoms with Crippen LogP contribution in [-0.2, 0) is 13.0 Å². The van der Waals surface area contributed by atoms with Gasteiger partial charge < -0.3 is 5.32 Å². The molecule has 1 N–H and O–H groups in total. The predicted octanol–water partition coefficient (Wildman–Crippen LogP) is 2.11. The van der Waals surface area contributed by atoms with Crippen molar-refractivity contribution in [1.29, 1.82) is 0 Å². The lowest BCUT2D eigenvalue weighted by Gasteiger charge is -2.16. The standard InChI is InChI=1S/C14H20N4/c1-4-18-10-12(9-17-18)8-14(15-3)13-5-6-16-11(2)7-13/h5-7,9-10,14-15H,4,8H2,1-3H3. The molecule has 0 saturated heterocycles. The number of hydrogen-bond donors (Lipinski definition) is 1. The van der Waals surface area contributed by atoms with Gasteiger partial charge in [-0.05, 0) is 50.6 Å². The molecule has 0 aromatic carbocycles. The van der Waals surface area contributed by atoms with E-state index in [-0.39, 0.29) is 0 Å². The molecule has 0 saturated carbocycles. The van der Waals surface area contributed by atoms with E-state index in [9.17, 15) is 0 Å². The molecule has 1 unspecified atom stereocenters. The Hall–Kier alpha value is -1.68. The van der Waals surface area contributed by atoms with E-state index in [1.807, 2.05) is 31.0 Å². The van der Waals surface area contributed by atoms with Crippen molar-refractivity contribution in [1.82, 2.24) is 20.1 Å². The van der Waals surface area contributed by atoms with E-state index in [0.717, 1.165) is 18.7 Å². The largest absolute Gasteiger partial charge is 0.313 e. The van der Waals surface area contributed by atoms with Crippen LogP contribution in [0.25, 0.3) is 0 Å². The van der Waals surface area contributed by atoms with Crippen LogP contribution >= 0.6 is 0 Å². The molecule has 2 heterocycles. The molecule has 2 aromatic heterocycles. The summed E-state index contributed by atoms with van der Waals surface area (Å²) >= 11 is 0. The highest BCUT2D eigenvalue weighted by Gasteiger charge is 2.11. The topological polar surface area (TPSA) is 42.7 Å². The molecular formula is C14H20N4. The quantitative estimate of drug-likeness (QED) is 0.876. The second-order valence-corrected chi connectivity index (χ2v) is 4.48. The number of pyridine rings is 1.